The molecule has 20 heavy (non-hydrogen) atoms. The van der Waals surface area contributed by atoms with E-state index in [0.717, 1.165) is 18.4 Å². The molecule has 0 heterocycles. The summed E-state index contributed by atoms with van der Waals surface area (Å²) in [7, 11) is 1.56. The van der Waals surface area contributed by atoms with Crippen molar-refractivity contribution >= 4 is 5.97 Å². The monoisotopic (exact) mass is 281 g/mol. The minimum atomic E-state index is -0.298. The summed E-state index contributed by atoms with van der Waals surface area (Å²) in [6.45, 7) is 2.89. The Balaban J connectivity index is 2.08. The second-order valence-corrected chi connectivity index (χ2v) is 4.90. The van der Waals surface area contributed by atoms with Gasteiger partial charge in [0.2, 0.25) is 0 Å². The summed E-state index contributed by atoms with van der Waals surface area (Å²) in [6.07, 6.45) is 2.13. The zero-order chi connectivity index (χ0) is 14.5. The number of halogens is 1. The maximum absolute atomic E-state index is 13.4. The second-order valence-electron chi connectivity index (χ2n) is 4.90. The standard InChI is InChI=1S/C15H20FNO3/c1-3-20-15(18)10-17(13-5-6-13)9-11-8-12(16)4-7-14(11)19-2/h4,7-8,13H,3,5-6,9-10H2,1-2H3. The molecule has 5 heteroatoms. The Morgan fingerprint density at radius 1 is 1.45 bits per heavy atom. The van der Waals surface area contributed by atoms with E-state index in [9.17, 15) is 9.18 Å². The van der Waals surface area contributed by atoms with E-state index in [1.807, 2.05) is 4.90 Å². The average molecular weight is 281 g/mol. The molecule has 2 rings (SSSR count). The predicted octanol–water partition coefficient (Wildman–Crippen LogP) is 2.36. The molecule has 0 aliphatic heterocycles. The van der Waals surface area contributed by atoms with Crippen LogP contribution in [-0.4, -0.2) is 37.2 Å². The van der Waals surface area contributed by atoms with Crippen molar-refractivity contribution in [3.8, 4) is 5.75 Å². The van der Waals surface area contributed by atoms with Gasteiger partial charge in [-0.1, -0.05) is 0 Å². The maximum Gasteiger partial charge on any atom is 0.320 e. The number of methoxy groups -OCH3 is 1. The molecule has 1 aromatic rings. The van der Waals surface area contributed by atoms with Gasteiger partial charge >= 0.3 is 5.97 Å². The summed E-state index contributed by atoms with van der Waals surface area (Å²) in [5, 5.41) is 0. The fourth-order valence-electron chi connectivity index (χ4n) is 2.22. The van der Waals surface area contributed by atoms with Crippen LogP contribution in [0.2, 0.25) is 0 Å². The summed E-state index contributed by atoms with van der Waals surface area (Å²) < 4.78 is 23.6. The van der Waals surface area contributed by atoms with Crippen LogP contribution in [0.1, 0.15) is 25.3 Å². The molecular formula is C15H20FNO3. The van der Waals surface area contributed by atoms with Crippen LogP contribution in [0.4, 0.5) is 4.39 Å². The molecule has 1 aromatic carbocycles. The fraction of sp³-hybridized carbons (Fsp3) is 0.533. The van der Waals surface area contributed by atoms with E-state index in [1.165, 1.54) is 12.1 Å². The molecule has 0 unspecified atom stereocenters. The molecule has 110 valence electrons. The van der Waals surface area contributed by atoms with Gasteiger partial charge in [0.15, 0.2) is 0 Å². The summed E-state index contributed by atoms with van der Waals surface area (Å²) >= 11 is 0. The van der Waals surface area contributed by atoms with Gasteiger partial charge < -0.3 is 9.47 Å². The Morgan fingerprint density at radius 3 is 2.80 bits per heavy atom. The lowest BCUT2D eigenvalue weighted by atomic mass is 10.1. The van der Waals surface area contributed by atoms with E-state index in [4.69, 9.17) is 9.47 Å². The summed E-state index contributed by atoms with van der Waals surface area (Å²) in [5.41, 5.74) is 0.753. The normalized spacial score (nSPS) is 14.4. The predicted molar refractivity (Wildman–Crippen MR) is 73.0 cm³/mol. The molecule has 0 spiro atoms. The molecule has 0 atom stereocenters. The molecular weight excluding hydrogens is 261 g/mol. The molecule has 1 aliphatic rings. The molecule has 0 saturated heterocycles. The zero-order valence-corrected chi connectivity index (χ0v) is 11.9. The quantitative estimate of drug-likeness (QED) is 0.719. The molecule has 1 aliphatic carbocycles. The van der Waals surface area contributed by atoms with Gasteiger partial charge in [0.25, 0.3) is 0 Å². The molecule has 0 bridgehead atoms. The Labute approximate surface area is 118 Å². The first-order chi connectivity index (χ1) is 9.63. The van der Waals surface area contributed by atoms with Gasteiger partial charge in [0, 0.05) is 18.2 Å². The smallest absolute Gasteiger partial charge is 0.320 e. The first-order valence-electron chi connectivity index (χ1n) is 6.86. The second kappa shape index (κ2) is 6.70. The molecule has 0 amide bonds. The average Bonchev–Trinajstić information content (AvgIpc) is 3.23. The van der Waals surface area contributed by atoms with Gasteiger partial charge in [0.05, 0.1) is 20.3 Å². The minimum Gasteiger partial charge on any atom is -0.496 e. The Kier molecular flexibility index (Phi) is 4.95. The van der Waals surface area contributed by atoms with Crippen molar-refractivity contribution in [2.24, 2.45) is 0 Å². The van der Waals surface area contributed by atoms with E-state index < -0.39 is 0 Å². The highest BCUT2D eigenvalue weighted by molar-refractivity contribution is 5.71. The third-order valence-corrected chi connectivity index (χ3v) is 3.32. The van der Waals surface area contributed by atoms with Crippen molar-refractivity contribution in [3.63, 3.8) is 0 Å². The van der Waals surface area contributed by atoms with Gasteiger partial charge in [-0.25, -0.2) is 4.39 Å². The van der Waals surface area contributed by atoms with E-state index >= 15 is 0 Å². The van der Waals surface area contributed by atoms with Crippen LogP contribution in [0.25, 0.3) is 0 Å². The van der Waals surface area contributed by atoms with Crippen LogP contribution in [0, 0.1) is 5.82 Å². The van der Waals surface area contributed by atoms with E-state index in [2.05, 4.69) is 0 Å². The van der Waals surface area contributed by atoms with Crippen LogP contribution < -0.4 is 4.74 Å². The van der Waals surface area contributed by atoms with Crippen LogP contribution in [0.15, 0.2) is 18.2 Å². The van der Waals surface area contributed by atoms with Gasteiger partial charge in [-0.3, -0.25) is 9.69 Å². The van der Waals surface area contributed by atoms with Crippen molar-refractivity contribution < 1.29 is 18.7 Å². The van der Waals surface area contributed by atoms with Gasteiger partial charge in [-0.2, -0.15) is 0 Å². The SMILES string of the molecule is CCOC(=O)CN(Cc1cc(F)ccc1OC)C1CC1. The number of rotatable bonds is 7. The number of nitrogens with zero attached hydrogens (tertiary/aromatic N) is 1. The first kappa shape index (κ1) is 14.8. The van der Waals surface area contributed by atoms with E-state index in [-0.39, 0.29) is 18.3 Å². The Hall–Kier alpha value is -1.62. The van der Waals surface area contributed by atoms with Crippen LogP contribution in [0.5, 0.6) is 5.75 Å². The number of hydrogen-bond acceptors (Lipinski definition) is 4. The highest BCUT2D eigenvalue weighted by atomic mass is 19.1. The molecule has 4 nitrogen and oxygen atoms in total. The van der Waals surface area contributed by atoms with Crippen molar-refractivity contribution in [3.05, 3.63) is 29.6 Å². The Morgan fingerprint density at radius 2 is 2.20 bits per heavy atom. The van der Waals surface area contributed by atoms with E-state index in [1.54, 1.807) is 20.1 Å². The van der Waals surface area contributed by atoms with Crippen molar-refractivity contribution in [1.82, 2.24) is 4.90 Å². The summed E-state index contributed by atoms with van der Waals surface area (Å²) in [4.78, 5) is 13.7. The Bertz CT molecular complexity index is 474. The number of carbonyl (C=O) groups is 1. The minimum absolute atomic E-state index is 0.234. The maximum atomic E-state index is 13.4. The van der Waals surface area contributed by atoms with Gasteiger partial charge in [-0.15, -0.1) is 0 Å². The van der Waals surface area contributed by atoms with Crippen molar-refractivity contribution in [1.29, 1.82) is 0 Å². The van der Waals surface area contributed by atoms with Crippen LogP contribution in [-0.2, 0) is 16.1 Å². The summed E-state index contributed by atoms with van der Waals surface area (Å²) in [6, 6.07) is 4.82. The number of ether oxygens (including phenoxy) is 2. The van der Waals surface area contributed by atoms with E-state index in [0.29, 0.717) is 24.9 Å². The zero-order valence-electron chi connectivity index (χ0n) is 11.9. The lowest BCUT2D eigenvalue weighted by molar-refractivity contribution is -0.144. The number of hydrogen-bond donors (Lipinski definition) is 0. The molecule has 0 aromatic heterocycles. The number of benzene rings is 1. The number of carbonyl (C=O) groups excluding carboxylic acids is 1. The lowest BCUT2D eigenvalue weighted by Gasteiger charge is -2.22. The fourth-order valence-corrected chi connectivity index (χ4v) is 2.22. The third kappa shape index (κ3) is 3.93. The van der Waals surface area contributed by atoms with Gasteiger partial charge in [0.1, 0.15) is 11.6 Å². The molecule has 0 radical (unpaired) electrons. The molecule has 1 fully saturated rings. The highest BCUT2D eigenvalue weighted by Gasteiger charge is 2.31. The largest absolute Gasteiger partial charge is 0.496 e. The highest BCUT2D eigenvalue weighted by Crippen LogP contribution is 2.30. The topological polar surface area (TPSA) is 38.8 Å². The van der Waals surface area contributed by atoms with Crippen LogP contribution in [0.3, 0.4) is 0 Å². The third-order valence-electron chi connectivity index (χ3n) is 3.32. The van der Waals surface area contributed by atoms with Crippen LogP contribution >= 0.6 is 0 Å². The lowest BCUT2D eigenvalue weighted by Crippen LogP contribution is -2.32. The first-order valence-corrected chi connectivity index (χ1v) is 6.86. The van der Waals surface area contributed by atoms with Crippen molar-refractivity contribution in [2.75, 3.05) is 20.3 Å². The molecule has 0 N–H and O–H groups in total. The summed E-state index contributed by atoms with van der Waals surface area (Å²) in [5.74, 6) is 0.100. The molecule has 1 saturated carbocycles. The van der Waals surface area contributed by atoms with Crippen molar-refractivity contribution in [2.45, 2.75) is 32.4 Å². The van der Waals surface area contributed by atoms with Gasteiger partial charge in [-0.05, 0) is 38.0 Å². The number of esters is 1.